The van der Waals surface area contributed by atoms with E-state index in [4.69, 9.17) is 23.2 Å². The molecule has 0 radical (unpaired) electrons. The van der Waals surface area contributed by atoms with Gasteiger partial charge in [0.25, 0.3) is 10.0 Å². The van der Waals surface area contributed by atoms with E-state index in [1.165, 1.54) is 35.2 Å². The van der Waals surface area contributed by atoms with Crippen LogP contribution in [0.2, 0.25) is 10.0 Å². The molecule has 7 nitrogen and oxygen atoms in total. The van der Waals surface area contributed by atoms with Gasteiger partial charge < -0.3 is 4.90 Å². The van der Waals surface area contributed by atoms with Crippen LogP contribution >= 0.6 is 34.5 Å². The lowest BCUT2D eigenvalue weighted by Gasteiger charge is -2.33. The molecule has 2 aliphatic heterocycles. The van der Waals surface area contributed by atoms with Crippen LogP contribution in [-0.4, -0.2) is 43.3 Å². The molecule has 0 saturated carbocycles. The zero-order valence-corrected chi connectivity index (χ0v) is 20.5. The number of fused-ring (bicyclic) bond motifs is 1. The molecule has 2 aromatic carbocycles. The summed E-state index contributed by atoms with van der Waals surface area (Å²) in [4.78, 5) is 21.2. The first-order chi connectivity index (χ1) is 15.8. The Hall–Kier alpha value is -2.17. The number of halogens is 2. The SMILES string of the molecule is O=C1C(N2CCc3cc(Cl)c(Cl)cc3C2)CCN1c1ccc(S(=O)(=O)Nc2nccs2)cc1. The number of nitrogens with zero attached hydrogens (tertiary/aromatic N) is 3. The summed E-state index contributed by atoms with van der Waals surface area (Å²) in [6, 6.07) is 9.94. The monoisotopic (exact) mass is 522 g/mol. The van der Waals surface area contributed by atoms with Crippen LogP contribution in [0.1, 0.15) is 17.5 Å². The summed E-state index contributed by atoms with van der Waals surface area (Å²) in [6.07, 6.45) is 3.06. The highest BCUT2D eigenvalue weighted by atomic mass is 35.5. The number of hydrogen-bond acceptors (Lipinski definition) is 6. The fraction of sp³-hybridized carbons (Fsp3) is 0.273. The largest absolute Gasteiger partial charge is 0.311 e. The Morgan fingerprint density at radius 3 is 2.48 bits per heavy atom. The summed E-state index contributed by atoms with van der Waals surface area (Å²) in [5.41, 5.74) is 2.96. The number of rotatable bonds is 5. The lowest BCUT2D eigenvalue weighted by atomic mass is 9.98. The van der Waals surface area contributed by atoms with Gasteiger partial charge in [-0.15, -0.1) is 11.3 Å². The Morgan fingerprint density at radius 1 is 1.06 bits per heavy atom. The van der Waals surface area contributed by atoms with Crippen molar-refractivity contribution in [2.75, 3.05) is 22.7 Å². The lowest BCUT2D eigenvalue weighted by Crippen LogP contribution is -2.44. The highest BCUT2D eigenvalue weighted by Crippen LogP contribution is 2.33. The third-order valence-electron chi connectivity index (χ3n) is 6.02. The summed E-state index contributed by atoms with van der Waals surface area (Å²) in [6.45, 7) is 2.00. The van der Waals surface area contributed by atoms with Crippen LogP contribution in [0, 0.1) is 0 Å². The number of amides is 1. The van der Waals surface area contributed by atoms with E-state index < -0.39 is 10.0 Å². The number of thiazole rings is 1. The van der Waals surface area contributed by atoms with Gasteiger partial charge in [-0.25, -0.2) is 13.4 Å². The molecule has 11 heteroatoms. The third kappa shape index (κ3) is 4.48. The zero-order chi connectivity index (χ0) is 23.2. The van der Waals surface area contributed by atoms with Crippen molar-refractivity contribution in [2.45, 2.75) is 30.3 Å². The fourth-order valence-corrected chi connectivity index (χ4v) is 6.51. The molecule has 0 aliphatic carbocycles. The van der Waals surface area contributed by atoms with Gasteiger partial charge >= 0.3 is 0 Å². The summed E-state index contributed by atoms with van der Waals surface area (Å²) >= 11 is 13.5. The molecule has 3 heterocycles. The molecule has 1 saturated heterocycles. The van der Waals surface area contributed by atoms with E-state index in [0.717, 1.165) is 18.5 Å². The number of anilines is 2. The van der Waals surface area contributed by atoms with Crippen LogP contribution < -0.4 is 9.62 Å². The Labute approximate surface area is 206 Å². The van der Waals surface area contributed by atoms with E-state index >= 15 is 0 Å². The molecule has 1 aromatic heterocycles. The predicted molar refractivity (Wildman–Crippen MR) is 131 cm³/mol. The van der Waals surface area contributed by atoms with Crippen molar-refractivity contribution < 1.29 is 13.2 Å². The molecule has 0 bridgehead atoms. The minimum absolute atomic E-state index is 0.0232. The molecule has 1 N–H and O–H groups in total. The van der Waals surface area contributed by atoms with Crippen LogP contribution in [-0.2, 0) is 27.8 Å². The van der Waals surface area contributed by atoms with E-state index in [0.29, 0.717) is 40.4 Å². The molecular formula is C22H20Cl2N4O3S2. The molecule has 1 amide bonds. The van der Waals surface area contributed by atoms with E-state index in [9.17, 15) is 13.2 Å². The number of hydrogen-bond donors (Lipinski definition) is 1. The average Bonchev–Trinajstić information content (AvgIpc) is 3.43. The second-order valence-corrected chi connectivity index (χ2v) is 11.4. The maximum Gasteiger partial charge on any atom is 0.263 e. The normalized spacial score (nSPS) is 19.0. The Balaban J connectivity index is 1.29. The summed E-state index contributed by atoms with van der Waals surface area (Å²) in [5, 5.41) is 3.08. The highest BCUT2D eigenvalue weighted by molar-refractivity contribution is 7.93. The number of benzene rings is 2. The number of carbonyl (C=O) groups is 1. The van der Waals surface area contributed by atoms with E-state index in [1.807, 2.05) is 12.1 Å². The first-order valence-electron chi connectivity index (χ1n) is 10.4. The molecule has 3 aromatic rings. The number of carbonyl (C=O) groups excluding carboxylic acids is 1. The molecule has 0 spiro atoms. The number of nitrogens with one attached hydrogen (secondary N) is 1. The van der Waals surface area contributed by atoms with Crippen LogP contribution in [0.3, 0.4) is 0 Å². The lowest BCUT2D eigenvalue weighted by molar-refractivity contribution is -0.122. The van der Waals surface area contributed by atoms with Crippen molar-refractivity contribution in [3.05, 3.63) is 69.1 Å². The quantitative estimate of drug-likeness (QED) is 0.536. The molecule has 172 valence electrons. The maximum atomic E-state index is 13.2. The standard InChI is InChI=1S/C22H20Cl2N4O3S2/c23-18-11-14-5-8-27(13-15(14)12-19(18)24)20-6-9-28(21(20)29)16-1-3-17(4-2-16)33(30,31)26-22-25-7-10-32-22/h1-4,7,10-12,20H,5-6,8-9,13H2,(H,25,26). The molecule has 5 rings (SSSR count). The minimum Gasteiger partial charge on any atom is -0.311 e. The number of aromatic nitrogens is 1. The first-order valence-corrected chi connectivity index (χ1v) is 13.5. The van der Waals surface area contributed by atoms with Crippen LogP contribution in [0.4, 0.5) is 10.8 Å². The molecule has 1 unspecified atom stereocenters. The van der Waals surface area contributed by atoms with Gasteiger partial charge in [-0.1, -0.05) is 23.2 Å². The zero-order valence-electron chi connectivity index (χ0n) is 17.4. The van der Waals surface area contributed by atoms with Gasteiger partial charge in [0.05, 0.1) is 21.0 Å². The molecule has 2 aliphatic rings. The van der Waals surface area contributed by atoms with E-state index in [-0.39, 0.29) is 16.8 Å². The summed E-state index contributed by atoms with van der Waals surface area (Å²) in [7, 11) is -3.73. The van der Waals surface area contributed by atoms with E-state index in [2.05, 4.69) is 14.6 Å². The fourth-order valence-electron chi connectivity index (χ4n) is 4.35. The molecule has 1 atom stereocenters. The van der Waals surface area contributed by atoms with Crippen molar-refractivity contribution in [3.63, 3.8) is 0 Å². The van der Waals surface area contributed by atoms with Gasteiger partial charge in [0.15, 0.2) is 5.13 Å². The van der Waals surface area contributed by atoms with Gasteiger partial charge in [0, 0.05) is 36.9 Å². The van der Waals surface area contributed by atoms with Gasteiger partial charge in [0.2, 0.25) is 5.91 Å². The van der Waals surface area contributed by atoms with Crippen molar-refractivity contribution >= 4 is 61.3 Å². The molecule has 33 heavy (non-hydrogen) atoms. The Morgan fingerprint density at radius 2 is 1.79 bits per heavy atom. The molecular weight excluding hydrogens is 503 g/mol. The van der Waals surface area contributed by atoms with Gasteiger partial charge in [0.1, 0.15) is 0 Å². The smallest absolute Gasteiger partial charge is 0.263 e. The summed E-state index contributed by atoms with van der Waals surface area (Å²) in [5.74, 6) is 0.0232. The topological polar surface area (TPSA) is 82.6 Å². The van der Waals surface area contributed by atoms with Gasteiger partial charge in [-0.2, -0.15) is 0 Å². The Kier molecular flexibility index (Phi) is 6.09. The maximum absolute atomic E-state index is 13.2. The van der Waals surface area contributed by atoms with Crippen molar-refractivity contribution in [3.8, 4) is 0 Å². The van der Waals surface area contributed by atoms with Crippen molar-refractivity contribution in [1.82, 2.24) is 9.88 Å². The number of sulfonamides is 1. The van der Waals surface area contributed by atoms with Crippen LogP contribution in [0.25, 0.3) is 0 Å². The first kappa shape index (κ1) is 22.6. The predicted octanol–water partition coefficient (Wildman–Crippen LogP) is 4.41. The second-order valence-electron chi connectivity index (χ2n) is 7.99. The van der Waals surface area contributed by atoms with E-state index in [1.54, 1.807) is 22.4 Å². The van der Waals surface area contributed by atoms with Crippen LogP contribution in [0.15, 0.2) is 52.9 Å². The van der Waals surface area contributed by atoms with Gasteiger partial charge in [-0.3, -0.25) is 14.4 Å². The molecule has 1 fully saturated rings. The highest BCUT2D eigenvalue weighted by Gasteiger charge is 2.38. The van der Waals surface area contributed by atoms with Crippen LogP contribution in [0.5, 0.6) is 0 Å². The summed E-state index contributed by atoms with van der Waals surface area (Å²) < 4.78 is 27.6. The third-order valence-corrected chi connectivity index (χ3v) is 8.91. The van der Waals surface area contributed by atoms with Crippen molar-refractivity contribution in [2.24, 2.45) is 0 Å². The van der Waals surface area contributed by atoms with Gasteiger partial charge in [-0.05, 0) is 60.4 Å². The van der Waals surface area contributed by atoms with Crippen molar-refractivity contribution in [1.29, 1.82) is 0 Å². The minimum atomic E-state index is -3.73. The second kappa shape index (κ2) is 8.88. The Bertz CT molecular complexity index is 1300. The average molecular weight is 523 g/mol.